The second-order valence-electron chi connectivity index (χ2n) is 4.16. The van der Waals surface area contributed by atoms with Gasteiger partial charge in [0.2, 0.25) is 5.13 Å². The Morgan fingerprint density at radius 3 is 2.95 bits per heavy atom. The molecule has 0 amide bonds. The molecule has 1 aromatic carbocycles. The Morgan fingerprint density at radius 1 is 1.40 bits per heavy atom. The monoisotopic (exact) mass is 302 g/mol. The second kappa shape index (κ2) is 5.22. The molecule has 3 aromatic rings. The van der Waals surface area contributed by atoms with Crippen LogP contribution in [0.5, 0.6) is 0 Å². The average Bonchev–Trinajstić information content (AvgIpc) is 2.83. The molecule has 100 valence electrons. The van der Waals surface area contributed by atoms with E-state index in [4.69, 9.17) is 4.42 Å². The van der Waals surface area contributed by atoms with Gasteiger partial charge in [-0.15, -0.1) is 12.6 Å². The highest BCUT2D eigenvalue weighted by Gasteiger charge is 2.09. The summed E-state index contributed by atoms with van der Waals surface area (Å²) in [4.78, 5) is 20.4. The number of aliphatic imine (C=N–C) groups is 1. The summed E-state index contributed by atoms with van der Waals surface area (Å²) in [7, 11) is 0. The summed E-state index contributed by atoms with van der Waals surface area (Å²) in [5, 5.41) is 1.44. The number of para-hydroxylation sites is 1. The van der Waals surface area contributed by atoms with Crippen molar-refractivity contribution in [2.75, 3.05) is 0 Å². The van der Waals surface area contributed by atoms with Crippen LogP contribution in [0.25, 0.3) is 11.0 Å². The van der Waals surface area contributed by atoms with E-state index in [2.05, 4.69) is 22.6 Å². The number of rotatable bonds is 2. The van der Waals surface area contributed by atoms with Crippen LogP contribution < -0.4 is 5.63 Å². The molecule has 4 nitrogen and oxygen atoms in total. The average molecular weight is 302 g/mol. The summed E-state index contributed by atoms with van der Waals surface area (Å²) >= 11 is 5.54. The zero-order valence-electron chi connectivity index (χ0n) is 10.5. The predicted octanol–water partition coefficient (Wildman–Crippen LogP) is 3.68. The zero-order chi connectivity index (χ0) is 14.1. The van der Waals surface area contributed by atoms with Crippen LogP contribution >= 0.6 is 24.0 Å². The number of aromatic nitrogens is 1. The van der Waals surface area contributed by atoms with Crippen LogP contribution in [0.2, 0.25) is 0 Å². The Bertz CT molecular complexity index is 865. The molecule has 0 radical (unpaired) electrons. The number of fused-ring (bicyclic) bond motifs is 1. The van der Waals surface area contributed by atoms with Crippen LogP contribution in [0.1, 0.15) is 12.5 Å². The lowest BCUT2D eigenvalue weighted by molar-refractivity contribution is 0.559. The number of benzene rings is 1. The Hall–Kier alpha value is -1.92. The Kier molecular flexibility index (Phi) is 3.42. The van der Waals surface area contributed by atoms with Gasteiger partial charge in [-0.1, -0.05) is 29.5 Å². The molecule has 0 N–H and O–H groups in total. The van der Waals surface area contributed by atoms with Crippen LogP contribution in [0, 0.1) is 0 Å². The molecule has 2 heterocycles. The van der Waals surface area contributed by atoms with Crippen molar-refractivity contribution in [3.8, 4) is 0 Å². The SMILES string of the molecule is CC(=Nc1ncc(S)s1)c1cc2ccccc2oc1=O. The van der Waals surface area contributed by atoms with E-state index < -0.39 is 5.63 Å². The van der Waals surface area contributed by atoms with Crippen LogP contribution in [-0.2, 0) is 0 Å². The van der Waals surface area contributed by atoms with E-state index in [-0.39, 0.29) is 0 Å². The third-order valence-corrected chi connectivity index (χ3v) is 3.86. The van der Waals surface area contributed by atoms with E-state index in [1.54, 1.807) is 25.3 Å². The molecule has 0 aliphatic heterocycles. The zero-order valence-corrected chi connectivity index (χ0v) is 12.2. The fourth-order valence-electron chi connectivity index (χ4n) is 1.83. The van der Waals surface area contributed by atoms with Gasteiger partial charge in [-0.25, -0.2) is 14.8 Å². The predicted molar refractivity (Wildman–Crippen MR) is 83.7 cm³/mol. The number of hydrogen-bond acceptors (Lipinski definition) is 6. The minimum absolute atomic E-state index is 0.396. The number of hydrogen-bond donors (Lipinski definition) is 1. The van der Waals surface area contributed by atoms with Crippen molar-refractivity contribution < 1.29 is 4.42 Å². The number of thiol groups is 1. The normalized spacial score (nSPS) is 12.0. The molecule has 6 heteroatoms. The molecule has 0 spiro atoms. The smallest absolute Gasteiger partial charge is 0.345 e. The lowest BCUT2D eigenvalue weighted by Crippen LogP contribution is -2.11. The summed E-state index contributed by atoms with van der Waals surface area (Å²) in [5.74, 6) is 0. The molecule has 0 atom stereocenters. The standard InChI is InChI=1S/C14H10N2O2S2/c1-8(16-14-15-7-12(19)20-14)10-6-9-4-2-3-5-11(9)18-13(10)17/h2-7,19H,1H3. The Balaban J connectivity index is 2.11. The number of thiazole rings is 1. The van der Waals surface area contributed by atoms with Gasteiger partial charge in [0, 0.05) is 5.39 Å². The van der Waals surface area contributed by atoms with Gasteiger partial charge in [0.1, 0.15) is 5.58 Å². The van der Waals surface area contributed by atoms with Gasteiger partial charge < -0.3 is 4.42 Å². The van der Waals surface area contributed by atoms with Gasteiger partial charge in [0.15, 0.2) is 0 Å². The fourth-order valence-corrected chi connectivity index (χ4v) is 2.71. The van der Waals surface area contributed by atoms with E-state index in [9.17, 15) is 4.79 Å². The van der Waals surface area contributed by atoms with Crippen molar-refractivity contribution in [1.29, 1.82) is 0 Å². The van der Waals surface area contributed by atoms with Gasteiger partial charge in [-0.3, -0.25) is 0 Å². The quantitative estimate of drug-likeness (QED) is 0.446. The third kappa shape index (κ3) is 2.52. The molecular formula is C14H10N2O2S2. The topological polar surface area (TPSA) is 55.5 Å². The maximum absolute atomic E-state index is 12.0. The molecule has 0 saturated carbocycles. The van der Waals surface area contributed by atoms with Crippen molar-refractivity contribution in [2.45, 2.75) is 11.1 Å². The first-order chi connectivity index (χ1) is 9.63. The van der Waals surface area contributed by atoms with Crippen molar-refractivity contribution in [3.05, 3.63) is 52.5 Å². The first-order valence-electron chi connectivity index (χ1n) is 5.87. The molecule has 0 fully saturated rings. The van der Waals surface area contributed by atoms with Gasteiger partial charge in [-0.2, -0.15) is 0 Å². The van der Waals surface area contributed by atoms with E-state index in [1.165, 1.54) is 11.3 Å². The van der Waals surface area contributed by atoms with Crippen molar-refractivity contribution in [2.24, 2.45) is 4.99 Å². The summed E-state index contributed by atoms with van der Waals surface area (Å²) in [6.07, 6.45) is 1.63. The molecule has 0 saturated heterocycles. The number of nitrogens with zero attached hydrogens (tertiary/aromatic N) is 2. The highest BCUT2D eigenvalue weighted by molar-refractivity contribution is 7.83. The minimum atomic E-state index is -0.396. The van der Waals surface area contributed by atoms with E-state index in [0.29, 0.717) is 22.0 Å². The first-order valence-corrected chi connectivity index (χ1v) is 7.13. The van der Waals surface area contributed by atoms with E-state index in [1.807, 2.05) is 18.2 Å². The molecule has 2 aromatic heterocycles. The van der Waals surface area contributed by atoms with Gasteiger partial charge in [0.05, 0.1) is 21.7 Å². The highest BCUT2D eigenvalue weighted by Crippen LogP contribution is 2.24. The van der Waals surface area contributed by atoms with Crippen molar-refractivity contribution in [3.63, 3.8) is 0 Å². The summed E-state index contributed by atoms with van der Waals surface area (Å²) in [6.45, 7) is 1.76. The van der Waals surface area contributed by atoms with Crippen LogP contribution in [0.15, 0.2) is 54.9 Å². The van der Waals surface area contributed by atoms with Crippen LogP contribution in [0.3, 0.4) is 0 Å². The fraction of sp³-hybridized carbons (Fsp3) is 0.0714. The summed E-state index contributed by atoms with van der Waals surface area (Å²) in [5.41, 5.74) is 1.19. The Labute approximate surface area is 124 Å². The van der Waals surface area contributed by atoms with Gasteiger partial charge in [0.25, 0.3) is 0 Å². The van der Waals surface area contributed by atoms with Crippen molar-refractivity contribution in [1.82, 2.24) is 4.98 Å². The van der Waals surface area contributed by atoms with Crippen molar-refractivity contribution >= 4 is 45.8 Å². The lowest BCUT2D eigenvalue weighted by atomic mass is 10.1. The second-order valence-corrected chi connectivity index (χ2v) is 5.96. The molecule has 0 bridgehead atoms. The van der Waals surface area contributed by atoms with Gasteiger partial charge in [-0.05, 0) is 19.1 Å². The van der Waals surface area contributed by atoms with Gasteiger partial charge >= 0.3 is 5.63 Å². The molecule has 3 rings (SSSR count). The molecular weight excluding hydrogens is 292 g/mol. The highest BCUT2D eigenvalue weighted by atomic mass is 32.2. The van der Waals surface area contributed by atoms with Crippen LogP contribution in [0.4, 0.5) is 5.13 Å². The largest absolute Gasteiger partial charge is 0.422 e. The maximum Gasteiger partial charge on any atom is 0.345 e. The van der Waals surface area contributed by atoms with Crippen LogP contribution in [-0.4, -0.2) is 10.7 Å². The van der Waals surface area contributed by atoms with E-state index >= 15 is 0 Å². The molecule has 20 heavy (non-hydrogen) atoms. The first kappa shape index (κ1) is 13.1. The molecule has 0 unspecified atom stereocenters. The molecule has 0 aliphatic rings. The lowest BCUT2D eigenvalue weighted by Gasteiger charge is -2.01. The Morgan fingerprint density at radius 2 is 2.20 bits per heavy atom. The van der Waals surface area contributed by atoms with E-state index in [0.717, 1.165) is 9.60 Å². The summed E-state index contributed by atoms with van der Waals surface area (Å²) < 4.78 is 6.07. The minimum Gasteiger partial charge on any atom is -0.422 e. The summed E-state index contributed by atoms with van der Waals surface area (Å²) in [6, 6.07) is 9.17. The third-order valence-electron chi connectivity index (χ3n) is 2.78. The maximum atomic E-state index is 12.0. The molecule has 0 aliphatic carbocycles.